The van der Waals surface area contributed by atoms with E-state index in [9.17, 15) is 0 Å². The molecule has 0 aliphatic heterocycles. The molecule has 0 amide bonds. The molecule has 2 aliphatic carbocycles. The van der Waals surface area contributed by atoms with Crippen LogP contribution in [0.1, 0.15) is 44.2 Å². The van der Waals surface area contributed by atoms with Gasteiger partial charge in [0.15, 0.2) is 0 Å². The SMILES string of the molecule is CC(N)c1ccnc(N(CC2CC2)C2CC2)c1. The van der Waals surface area contributed by atoms with Crippen LogP contribution in [-0.4, -0.2) is 17.6 Å². The van der Waals surface area contributed by atoms with E-state index in [-0.39, 0.29) is 6.04 Å². The minimum Gasteiger partial charge on any atom is -0.353 e. The van der Waals surface area contributed by atoms with Gasteiger partial charge in [-0.1, -0.05) is 0 Å². The normalized spacial score (nSPS) is 21.3. The lowest BCUT2D eigenvalue weighted by molar-refractivity contribution is 0.706. The van der Waals surface area contributed by atoms with Gasteiger partial charge in [-0.3, -0.25) is 0 Å². The first kappa shape index (κ1) is 11.0. The monoisotopic (exact) mass is 231 g/mol. The first-order valence-electron chi connectivity index (χ1n) is 6.72. The van der Waals surface area contributed by atoms with Crippen molar-refractivity contribution in [1.29, 1.82) is 0 Å². The second-order valence-electron chi connectivity index (χ2n) is 5.56. The Hall–Kier alpha value is -1.09. The van der Waals surface area contributed by atoms with Crippen LogP contribution in [0.15, 0.2) is 18.3 Å². The van der Waals surface area contributed by atoms with Crippen LogP contribution in [0, 0.1) is 5.92 Å². The third-order valence-electron chi connectivity index (χ3n) is 3.73. The fraction of sp³-hybridized carbons (Fsp3) is 0.643. The lowest BCUT2D eigenvalue weighted by atomic mass is 10.1. The molecule has 1 heterocycles. The molecule has 0 saturated heterocycles. The van der Waals surface area contributed by atoms with Crippen LogP contribution in [-0.2, 0) is 0 Å². The molecular weight excluding hydrogens is 210 g/mol. The lowest BCUT2D eigenvalue weighted by Crippen LogP contribution is -2.29. The molecule has 2 aliphatic rings. The molecule has 92 valence electrons. The predicted octanol–water partition coefficient (Wildman–Crippen LogP) is 2.48. The zero-order chi connectivity index (χ0) is 11.8. The zero-order valence-corrected chi connectivity index (χ0v) is 10.5. The van der Waals surface area contributed by atoms with Gasteiger partial charge in [-0.2, -0.15) is 0 Å². The van der Waals surface area contributed by atoms with Gasteiger partial charge in [-0.25, -0.2) is 4.98 Å². The summed E-state index contributed by atoms with van der Waals surface area (Å²) in [5.74, 6) is 2.05. The maximum absolute atomic E-state index is 5.94. The molecule has 17 heavy (non-hydrogen) atoms. The number of nitrogens with zero attached hydrogens (tertiary/aromatic N) is 2. The van der Waals surface area contributed by atoms with Crippen molar-refractivity contribution in [2.45, 2.75) is 44.7 Å². The summed E-state index contributed by atoms with van der Waals surface area (Å²) in [6.07, 6.45) is 7.36. The molecule has 1 unspecified atom stereocenters. The molecule has 2 fully saturated rings. The zero-order valence-electron chi connectivity index (χ0n) is 10.5. The summed E-state index contributed by atoms with van der Waals surface area (Å²) in [5.41, 5.74) is 7.13. The molecule has 2 N–H and O–H groups in total. The molecular formula is C14H21N3. The number of pyridine rings is 1. The van der Waals surface area contributed by atoms with E-state index in [0.717, 1.165) is 17.8 Å². The summed E-state index contributed by atoms with van der Waals surface area (Å²) in [6, 6.07) is 5.03. The third kappa shape index (κ3) is 2.60. The second kappa shape index (κ2) is 4.30. The van der Waals surface area contributed by atoms with E-state index in [1.807, 2.05) is 19.2 Å². The van der Waals surface area contributed by atoms with Crippen molar-refractivity contribution in [1.82, 2.24) is 4.98 Å². The summed E-state index contributed by atoms with van der Waals surface area (Å²) in [5, 5.41) is 0. The van der Waals surface area contributed by atoms with E-state index in [1.54, 1.807) is 0 Å². The Morgan fingerprint density at radius 1 is 1.41 bits per heavy atom. The van der Waals surface area contributed by atoms with Crippen LogP contribution >= 0.6 is 0 Å². The number of nitrogens with two attached hydrogens (primary N) is 1. The van der Waals surface area contributed by atoms with E-state index in [1.165, 1.54) is 37.8 Å². The summed E-state index contributed by atoms with van der Waals surface area (Å²) < 4.78 is 0. The van der Waals surface area contributed by atoms with Crippen LogP contribution in [0.25, 0.3) is 0 Å². The molecule has 1 aromatic rings. The molecule has 1 atom stereocenters. The van der Waals surface area contributed by atoms with E-state index in [2.05, 4.69) is 16.0 Å². The second-order valence-corrected chi connectivity index (χ2v) is 5.56. The van der Waals surface area contributed by atoms with Gasteiger partial charge >= 0.3 is 0 Å². The Labute approximate surface area is 103 Å². The van der Waals surface area contributed by atoms with E-state index >= 15 is 0 Å². The van der Waals surface area contributed by atoms with Crippen molar-refractivity contribution >= 4 is 5.82 Å². The summed E-state index contributed by atoms with van der Waals surface area (Å²) >= 11 is 0. The highest BCUT2D eigenvalue weighted by atomic mass is 15.2. The van der Waals surface area contributed by atoms with Crippen molar-refractivity contribution < 1.29 is 0 Å². The van der Waals surface area contributed by atoms with Gasteiger partial charge in [-0.15, -0.1) is 0 Å². The molecule has 0 radical (unpaired) electrons. The van der Waals surface area contributed by atoms with Crippen molar-refractivity contribution in [3.8, 4) is 0 Å². The standard InChI is InChI=1S/C14H21N3/c1-10(15)12-6-7-16-14(8-12)17(13-4-5-13)9-11-2-3-11/h6-8,10-11,13H,2-5,9,15H2,1H3. The highest BCUT2D eigenvalue weighted by Crippen LogP contribution is 2.37. The van der Waals surface area contributed by atoms with Crippen LogP contribution in [0.2, 0.25) is 0 Å². The predicted molar refractivity (Wildman–Crippen MR) is 69.9 cm³/mol. The number of rotatable bonds is 5. The van der Waals surface area contributed by atoms with Gasteiger partial charge in [0.2, 0.25) is 0 Å². The van der Waals surface area contributed by atoms with Crippen LogP contribution < -0.4 is 10.6 Å². The Bertz CT molecular complexity index is 394. The Kier molecular flexibility index (Phi) is 2.79. The van der Waals surface area contributed by atoms with Gasteiger partial charge in [0, 0.05) is 24.8 Å². The molecule has 0 aromatic carbocycles. The van der Waals surface area contributed by atoms with E-state index in [0.29, 0.717) is 0 Å². The highest BCUT2D eigenvalue weighted by molar-refractivity contribution is 5.44. The van der Waals surface area contributed by atoms with Gasteiger partial charge < -0.3 is 10.6 Å². The van der Waals surface area contributed by atoms with Crippen LogP contribution in [0.4, 0.5) is 5.82 Å². The van der Waals surface area contributed by atoms with Crippen molar-refractivity contribution in [2.75, 3.05) is 11.4 Å². The Morgan fingerprint density at radius 2 is 2.18 bits per heavy atom. The van der Waals surface area contributed by atoms with E-state index < -0.39 is 0 Å². The Morgan fingerprint density at radius 3 is 2.76 bits per heavy atom. The molecule has 1 aromatic heterocycles. The largest absolute Gasteiger partial charge is 0.353 e. The number of hydrogen-bond acceptors (Lipinski definition) is 3. The topological polar surface area (TPSA) is 42.1 Å². The van der Waals surface area contributed by atoms with Crippen LogP contribution in [0.3, 0.4) is 0 Å². The van der Waals surface area contributed by atoms with Crippen LogP contribution in [0.5, 0.6) is 0 Å². The van der Waals surface area contributed by atoms with Crippen molar-refractivity contribution in [3.63, 3.8) is 0 Å². The lowest BCUT2D eigenvalue weighted by Gasteiger charge is -2.24. The maximum Gasteiger partial charge on any atom is 0.129 e. The van der Waals surface area contributed by atoms with Gasteiger partial charge in [0.25, 0.3) is 0 Å². The van der Waals surface area contributed by atoms with Gasteiger partial charge in [-0.05, 0) is 56.2 Å². The Balaban J connectivity index is 1.80. The summed E-state index contributed by atoms with van der Waals surface area (Å²) in [4.78, 5) is 7.04. The maximum atomic E-state index is 5.94. The fourth-order valence-electron chi connectivity index (χ4n) is 2.27. The van der Waals surface area contributed by atoms with Gasteiger partial charge in [0.1, 0.15) is 5.82 Å². The first-order chi connectivity index (χ1) is 8.24. The third-order valence-corrected chi connectivity index (χ3v) is 3.73. The molecule has 0 spiro atoms. The number of anilines is 1. The molecule has 3 rings (SSSR count). The minimum absolute atomic E-state index is 0.0960. The molecule has 3 nitrogen and oxygen atoms in total. The minimum atomic E-state index is 0.0960. The first-order valence-corrected chi connectivity index (χ1v) is 6.72. The average Bonchev–Trinajstić information content (AvgIpc) is 3.18. The average molecular weight is 231 g/mol. The molecule has 2 saturated carbocycles. The molecule has 3 heteroatoms. The summed E-state index contributed by atoms with van der Waals surface area (Å²) in [7, 11) is 0. The smallest absolute Gasteiger partial charge is 0.129 e. The van der Waals surface area contributed by atoms with Crippen molar-refractivity contribution in [2.24, 2.45) is 11.7 Å². The fourth-order valence-corrected chi connectivity index (χ4v) is 2.27. The van der Waals surface area contributed by atoms with Crippen molar-refractivity contribution in [3.05, 3.63) is 23.9 Å². The van der Waals surface area contributed by atoms with Gasteiger partial charge in [0.05, 0.1) is 0 Å². The molecule has 0 bridgehead atoms. The summed E-state index contributed by atoms with van der Waals surface area (Å²) in [6.45, 7) is 3.22. The van der Waals surface area contributed by atoms with E-state index in [4.69, 9.17) is 5.73 Å². The number of aromatic nitrogens is 1. The highest BCUT2D eigenvalue weighted by Gasteiger charge is 2.34. The quantitative estimate of drug-likeness (QED) is 0.846. The number of hydrogen-bond donors (Lipinski definition) is 1.